The van der Waals surface area contributed by atoms with Crippen LogP contribution >= 0.6 is 23.2 Å². The van der Waals surface area contributed by atoms with Gasteiger partial charge in [0, 0.05) is 34.1 Å². The molecule has 2 aromatic rings. The Labute approximate surface area is 139 Å². The van der Waals surface area contributed by atoms with E-state index in [0.717, 1.165) is 17.0 Å². The Bertz CT molecular complexity index is 733. The summed E-state index contributed by atoms with van der Waals surface area (Å²) in [7, 11) is 0. The summed E-state index contributed by atoms with van der Waals surface area (Å²) < 4.78 is 7.79. The van der Waals surface area contributed by atoms with Gasteiger partial charge in [-0.1, -0.05) is 23.2 Å². The molecule has 0 aliphatic heterocycles. The van der Waals surface area contributed by atoms with Crippen LogP contribution in [-0.2, 0) is 0 Å². The van der Waals surface area contributed by atoms with Crippen molar-refractivity contribution < 1.29 is 9.53 Å². The average Bonchev–Trinajstić information content (AvgIpc) is 3.25. The first-order valence-electron chi connectivity index (χ1n) is 7.27. The number of hydrogen-bond acceptors (Lipinski definition) is 2. The molecule has 0 N–H and O–H groups in total. The lowest BCUT2D eigenvalue weighted by Crippen LogP contribution is -2.13. The Morgan fingerprint density at radius 1 is 1.27 bits per heavy atom. The van der Waals surface area contributed by atoms with Gasteiger partial charge >= 0.3 is 0 Å². The van der Waals surface area contributed by atoms with Crippen LogP contribution in [0.4, 0.5) is 0 Å². The molecule has 0 spiro atoms. The van der Waals surface area contributed by atoms with Crippen molar-refractivity contribution in [3.05, 3.63) is 51.3 Å². The van der Waals surface area contributed by atoms with E-state index in [-0.39, 0.29) is 12.4 Å². The molecule has 1 aliphatic carbocycles. The molecule has 1 heterocycles. The van der Waals surface area contributed by atoms with Gasteiger partial charge in [-0.25, -0.2) is 0 Å². The van der Waals surface area contributed by atoms with Crippen molar-refractivity contribution in [2.45, 2.75) is 32.7 Å². The fourth-order valence-electron chi connectivity index (χ4n) is 2.76. The van der Waals surface area contributed by atoms with Gasteiger partial charge in [0.1, 0.15) is 5.75 Å². The second-order valence-electron chi connectivity index (χ2n) is 5.67. The van der Waals surface area contributed by atoms with Crippen LogP contribution in [0.25, 0.3) is 0 Å². The number of rotatable bonds is 5. The fourth-order valence-corrected chi connectivity index (χ4v) is 3.10. The zero-order chi connectivity index (χ0) is 15.9. The van der Waals surface area contributed by atoms with Crippen LogP contribution < -0.4 is 4.74 Å². The van der Waals surface area contributed by atoms with Crippen molar-refractivity contribution in [2.24, 2.45) is 0 Å². The van der Waals surface area contributed by atoms with E-state index in [1.54, 1.807) is 18.2 Å². The highest BCUT2D eigenvalue weighted by atomic mass is 35.5. The molecule has 116 valence electrons. The number of carbonyl (C=O) groups excluding carboxylic acids is 1. The van der Waals surface area contributed by atoms with E-state index >= 15 is 0 Å². The van der Waals surface area contributed by atoms with Gasteiger partial charge in [0.25, 0.3) is 0 Å². The van der Waals surface area contributed by atoms with Gasteiger partial charge in [-0.2, -0.15) is 0 Å². The first-order chi connectivity index (χ1) is 10.5. The number of aryl methyl sites for hydroxylation is 1. The summed E-state index contributed by atoms with van der Waals surface area (Å²) in [5.74, 6) is 0.384. The molecule has 22 heavy (non-hydrogen) atoms. The molecule has 5 heteroatoms. The molecule has 0 atom stereocenters. The Hall–Kier alpha value is -1.45. The Morgan fingerprint density at radius 3 is 2.68 bits per heavy atom. The number of ketones is 1. The Balaban J connectivity index is 1.75. The summed E-state index contributed by atoms with van der Waals surface area (Å²) in [5, 5.41) is 0.972. The van der Waals surface area contributed by atoms with E-state index in [4.69, 9.17) is 27.9 Å². The Morgan fingerprint density at radius 2 is 2.00 bits per heavy atom. The molecule has 3 nitrogen and oxygen atoms in total. The minimum Gasteiger partial charge on any atom is -0.484 e. The zero-order valence-electron chi connectivity index (χ0n) is 12.5. The van der Waals surface area contributed by atoms with Crippen LogP contribution in [0.1, 0.15) is 40.6 Å². The lowest BCUT2D eigenvalue weighted by Gasteiger charge is -2.09. The standard InChI is InChI=1S/C17H17Cl2NO2/c1-10-7-14(11(2)20(10)13-4-5-13)16(21)9-22-17-8-12(18)3-6-15(17)19/h3,6-8,13H,4-5,9H2,1-2H3. The van der Waals surface area contributed by atoms with Crippen molar-refractivity contribution in [3.63, 3.8) is 0 Å². The lowest BCUT2D eigenvalue weighted by atomic mass is 10.1. The summed E-state index contributed by atoms with van der Waals surface area (Å²) in [6, 6.07) is 7.46. The minimum absolute atomic E-state index is 0.0453. The average molecular weight is 338 g/mol. The van der Waals surface area contributed by atoms with Gasteiger partial charge in [-0.15, -0.1) is 0 Å². The predicted molar refractivity (Wildman–Crippen MR) is 88.5 cm³/mol. The number of aromatic nitrogens is 1. The number of carbonyl (C=O) groups is 1. The maximum atomic E-state index is 12.4. The molecule has 0 radical (unpaired) electrons. The van der Waals surface area contributed by atoms with Gasteiger partial charge in [-0.05, 0) is 44.9 Å². The van der Waals surface area contributed by atoms with Gasteiger partial charge in [0.15, 0.2) is 6.61 Å². The molecule has 1 aromatic heterocycles. The third-order valence-corrected chi connectivity index (χ3v) is 4.50. The molecule has 0 unspecified atom stereocenters. The quantitative estimate of drug-likeness (QED) is 0.718. The van der Waals surface area contributed by atoms with Crippen LogP contribution in [0.2, 0.25) is 10.0 Å². The van der Waals surface area contributed by atoms with Crippen molar-refractivity contribution in [3.8, 4) is 5.75 Å². The third kappa shape index (κ3) is 3.01. The predicted octanol–water partition coefficient (Wildman–Crippen LogP) is 5.01. The highest BCUT2D eigenvalue weighted by Gasteiger charge is 2.28. The normalized spacial score (nSPS) is 14.2. The maximum Gasteiger partial charge on any atom is 0.202 e. The SMILES string of the molecule is Cc1cc(C(=O)COc2cc(Cl)ccc2Cl)c(C)n1C1CC1. The number of benzene rings is 1. The van der Waals surface area contributed by atoms with Gasteiger partial charge in [0.2, 0.25) is 5.78 Å². The molecule has 0 bridgehead atoms. The molecular weight excluding hydrogens is 321 g/mol. The van der Waals surface area contributed by atoms with Gasteiger partial charge in [0.05, 0.1) is 5.02 Å². The molecule has 1 aliphatic rings. The maximum absolute atomic E-state index is 12.4. The van der Waals surface area contributed by atoms with Crippen LogP contribution in [0, 0.1) is 13.8 Å². The Kier molecular flexibility index (Phi) is 4.20. The highest BCUT2D eigenvalue weighted by molar-refractivity contribution is 6.34. The van der Waals surface area contributed by atoms with Crippen molar-refractivity contribution in [1.29, 1.82) is 0 Å². The first-order valence-corrected chi connectivity index (χ1v) is 8.02. The lowest BCUT2D eigenvalue weighted by molar-refractivity contribution is 0.0921. The molecule has 0 saturated heterocycles. The summed E-state index contributed by atoms with van der Waals surface area (Å²) in [6.07, 6.45) is 2.39. The second kappa shape index (κ2) is 5.98. The highest BCUT2D eigenvalue weighted by Crippen LogP contribution is 2.38. The van der Waals surface area contributed by atoms with Crippen molar-refractivity contribution in [1.82, 2.24) is 4.57 Å². The number of halogens is 2. The number of hydrogen-bond donors (Lipinski definition) is 0. The van der Waals surface area contributed by atoms with Crippen molar-refractivity contribution in [2.75, 3.05) is 6.61 Å². The molecule has 0 amide bonds. The second-order valence-corrected chi connectivity index (χ2v) is 6.52. The van der Waals surface area contributed by atoms with Crippen LogP contribution in [0.15, 0.2) is 24.3 Å². The number of nitrogens with zero attached hydrogens (tertiary/aromatic N) is 1. The van der Waals surface area contributed by atoms with Gasteiger partial charge in [-0.3, -0.25) is 4.79 Å². The summed E-state index contributed by atoms with van der Waals surface area (Å²) in [6.45, 7) is 3.98. The molecular formula is C17H17Cl2NO2. The first kappa shape index (κ1) is 15.4. The fraction of sp³-hybridized carbons (Fsp3) is 0.353. The molecule has 1 aromatic carbocycles. The van der Waals surface area contributed by atoms with E-state index in [0.29, 0.717) is 21.8 Å². The summed E-state index contributed by atoms with van der Waals surface area (Å²) in [5.41, 5.74) is 2.87. The monoisotopic (exact) mass is 337 g/mol. The number of Topliss-reactive ketones (excluding diaryl/α,β-unsaturated/α-hetero) is 1. The van der Waals surface area contributed by atoms with E-state index < -0.39 is 0 Å². The largest absolute Gasteiger partial charge is 0.484 e. The zero-order valence-corrected chi connectivity index (χ0v) is 14.0. The smallest absolute Gasteiger partial charge is 0.202 e. The van der Waals surface area contributed by atoms with Gasteiger partial charge < -0.3 is 9.30 Å². The number of ether oxygens (including phenoxy) is 1. The molecule has 1 fully saturated rings. The van der Waals surface area contributed by atoms with E-state index in [9.17, 15) is 4.79 Å². The summed E-state index contributed by atoms with van der Waals surface area (Å²) in [4.78, 5) is 12.4. The summed E-state index contributed by atoms with van der Waals surface area (Å²) >= 11 is 12.0. The minimum atomic E-state index is -0.0466. The van der Waals surface area contributed by atoms with Crippen molar-refractivity contribution >= 4 is 29.0 Å². The topological polar surface area (TPSA) is 31.2 Å². The van der Waals surface area contributed by atoms with E-state index in [1.165, 1.54) is 12.8 Å². The van der Waals surface area contributed by atoms with Crippen LogP contribution in [0.3, 0.4) is 0 Å². The van der Waals surface area contributed by atoms with E-state index in [2.05, 4.69) is 4.57 Å². The molecule has 3 rings (SSSR count). The van der Waals surface area contributed by atoms with E-state index in [1.807, 2.05) is 19.9 Å². The molecule has 1 saturated carbocycles. The third-order valence-electron chi connectivity index (χ3n) is 3.95. The van der Waals surface area contributed by atoms with Crippen LogP contribution in [-0.4, -0.2) is 17.0 Å². The van der Waals surface area contributed by atoms with Crippen LogP contribution in [0.5, 0.6) is 5.75 Å².